The molecule has 0 atom stereocenters. The zero-order chi connectivity index (χ0) is 12.8. The number of rotatable bonds is 4. The van der Waals surface area contributed by atoms with Crippen LogP contribution in [0.4, 0.5) is 14.9 Å². The monoisotopic (exact) mass is 303 g/mol. The molecule has 1 aromatic carbocycles. The average Bonchev–Trinajstić information content (AvgIpc) is 2.23. The summed E-state index contributed by atoms with van der Waals surface area (Å²) in [6, 6.07) is 4.09. The molecule has 0 heterocycles. The van der Waals surface area contributed by atoms with Gasteiger partial charge < -0.3 is 15.5 Å². The first-order valence-electron chi connectivity index (χ1n) is 5.13. The predicted octanol–water partition coefficient (Wildman–Crippen LogP) is 2.27. The van der Waals surface area contributed by atoms with E-state index in [9.17, 15) is 9.18 Å². The summed E-state index contributed by atoms with van der Waals surface area (Å²) in [5.41, 5.74) is 0.424. The molecule has 0 unspecified atom stereocenters. The molecule has 1 aromatic rings. The van der Waals surface area contributed by atoms with Crippen molar-refractivity contribution in [2.24, 2.45) is 0 Å². The molecule has 0 bridgehead atoms. The second-order valence-corrected chi connectivity index (χ2v) is 4.67. The van der Waals surface area contributed by atoms with E-state index in [4.69, 9.17) is 0 Å². The second-order valence-electron chi connectivity index (χ2n) is 3.81. The average molecular weight is 304 g/mol. The number of likely N-dealkylation sites (N-methyl/N-ethyl adjacent to an activating group) is 1. The topological polar surface area (TPSA) is 44.4 Å². The van der Waals surface area contributed by atoms with Gasteiger partial charge in [0.2, 0.25) is 0 Å². The van der Waals surface area contributed by atoms with Crippen molar-refractivity contribution >= 4 is 27.6 Å². The van der Waals surface area contributed by atoms with E-state index in [1.165, 1.54) is 6.07 Å². The van der Waals surface area contributed by atoms with E-state index in [0.717, 1.165) is 6.54 Å². The largest absolute Gasteiger partial charge is 0.337 e. The molecule has 0 aliphatic rings. The second kappa shape index (κ2) is 6.56. The maximum atomic E-state index is 13.2. The van der Waals surface area contributed by atoms with Gasteiger partial charge in [0.1, 0.15) is 5.82 Å². The highest BCUT2D eigenvalue weighted by atomic mass is 79.9. The molecular formula is C11H15BrFN3O. The molecule has 0 saturated heterocycles. The molecular weight excluding hydrogens is 289 g/mol. The van der Waals surface area contributed by atoms with Crippen molar-refractivity contribution in [2.45, 2.75) is 0 Å². The van der Waals surface area contributed by atoms with Gasteiger partial charge in [0, 0.05) is 18.8 Å². The van der Waals surface area contributed by atoms with Crippen LogP contribution in [0, 0.1) is 5.82 Å². The number of benzene rings is 1. The summed E-state index contributed by atoms with van der Waals surface area (Å²) in [5.74, 6) is -0.406. The van der Waals surface area contributed by atoms with Crippen molar-refractivity contribution in [3.8, 4) is 0 Å². The Kier molecular flexibility index (Phi) is 5.37. The van der Waals surface area contributed by atoms with Gasteiger partial charge in [-0.3, -0.25) is 0 Å². The third-order valence-electron chi connectivity index (χ3n) is 2.02. The van der Waals surface area contributed by atoms with E-state index in [2.05, 4.69) is 26.6 Å². The third-order valence-corrected chi connectivity index (χ3v) is 2.67. The van der Waals surface area contributed by atoms with Crippen LogP contribution in [0.25, 0.3) is 0 Å². The van der Waals surface area contributed by atoms with Crippen molar-refractivity contribution in [1.29, 1.82) is 0 Å². The van der Waals surface area contributed by atoms with Gasteiger partial charge in [-0.1, -0.05) is 0 Å². The molecule has 0 fully saturated rings. The Labute approximate surface area is 108 Å². The first kappa shape index (κ1) is 13.9. The SMILES string of the molecule is CN(C)CCNC(=O)Nc1ccc(Br)c(F)c1. The summed E-state index contributed by atoms with van der Waals surface area (Å²) < 4.78 is 13.5. The molecule has 1 rings (SSSR count). The summed E-state index contributed by atoms with van der Waals surface area (Å²) >= 11 is 3.04. The fraction of sp³-hybridized carbons (Fsp3) is 0.364. The van der Waals surface area contributed by atoms with E-state index >= 15 is 0 Å². The Morgan fingerprint density at radius 3 is 2.76 bits per heavy atom. The van der Waals surface area contributed by atoms with Gasteiger partial charge >= 0.3 is 6.03 Å². The summed E-state index contributed by atoms with van der Waals surface area (Å²) in [6.45, 7) is 1.29. The molecule has 17 heavy (non-hydrogen) atoms. The summed E-state index contributed by atoms with van der Waals surface area (Å²) in [7, 11) is 3.84. The van der Waals surface area contributed by atoms with E-state index in [-0.39, 0.29) is 6.03 Å². The van der Waals surface area contributed by atoms with E-state index in [1.807, 2.05) is 19.0 Å². The van der Waals surface area contributed by atoms with Crippen LogP contribution in [0.1, 0.15) is 0 Å². The predicted molar refractivity (Wildman–Crippen MR) is 69.7 cm³/mol. The molecule has 0 aliphatic carbocycles. The lowest BCUT2D eigenvalue weighted by Gasteiger charge is -2.11. The maximum absolute atomic E-state index is 13.2. The Hall–Kier alpha value is -1.14. The molecule has 0 saturated carbocycles. The van der Waals surface area contributed by atoms with Gasteiger partial charge in [-0.2, -0.15) is 0 Å². The molecule has 4 nitrogen and oxygen atoms in total. The van der Waals surface area contributed by atoms with Gasteiger partial charge in [-0.05, 0) is 48.2 Å². The highest BCUT2D eigenvalue weighted by Gasteiger charge is 2.04. The Morgan fingerprint density at radius 2 is 2.18 bits per heavy atom. The van der Waals surface area contributed by atoms with Crippen LogP contribution >= 0.6 is 15.9 Å². The Bertz CT molecular complexity index is 398. The number of urea groups is 1. The molecule has 0 radical (unpaired) electrons. The number of amides is 2. The number of hydrogen-bond acceptors (Lipinski definition) is 2. The van der Waals surface area contributed by atoms with E-state index in [1.54, 1.807) is 12.1 Å². The van der Waals surface area contributed by atoms with Gasteiger partial charge in [0.05, 0.1) is 4.47 Å². The smallest absolute Gasteiger partial charge is 0.319 e. The summed E-state index contributed by atoms with van der Waals surface area (Å²) in [5, 5.41) is 5.22. The standard InChI is InChI=1S/C11H15BrFN3O/c1-16(2)6-5-14-11(17)15-8-3-4-9(12)10(13)7-8/h3-4,7H,5-6H2,1-2H3,(H2,14,15,17). The van der Waals surface area contributed by atoms with Gasteiger partial charge in [0.25, 0.3) is 0 Å². The van der Waals surface area contributed by atoms with Crippen LogP contribution in [0.3, 0.4) is 0 Å². The summed E-state index contributed by atoms with van der Waals surface area (Å²) in [4.78, 5) is 13.4. The van der Waals surface area contributed by atoms with Gasteiger partial charge in [-0.15, -0.1) is 0 Å². The minimum absolute atomic E-state index is 0.339. The van der Waals surface area contributed by atoms with Gasteiger partial charge in [-0.25, -0.2) is 9.18 Å². The molecule has 0 spiro atoms. The zero-order valence-electron chi connectivity index (χ0n) is 9.76. The van der Waals surface area contributed by atoms with Crippen molar-refractivity contribution in [1.82, 2.24) is 10.2 Å². The van der Waals surface area contributed by atoms with Crippen LogP contribution < -0.4 is 10.6 Å². The number of anilines is 1. The molecule has 94 valence electrons. The fourth-order valence-corrected chi connectivity index (χ4v) is 1.39. The van der Waals surface area contributed by atoms with Crippen LogP contribution in [-0.2, 0) is 0 Å². The maximum Gasteiger partial charge on any atom is 0.319 e. The number of halogens is 2. The van der Waals surface area contributed by atoms with Crippen molar-refractivity contribution in [3.63, 3.8) is 0 Å². The zero-order valence-corrected chi connectivity index (χ0v) is 11.3. The minimum atomic E-state index is -0.406. The minimum Gasteiger partial charge on any atom is -0.337 e. The van der Waals surface area contributed by atoms with Crippen LogP contribution in [0.2, 0.25) is 0 Å². The third kappa shape index (κ3) is 5.14. The molecule has 2 amide bonds. The van der Waals surface area contributed by atoms with E-state index < -0.39 is 5.82 Å². The first-order chi connectivity index (χ1) is 7.99. The fourth-order valence-electron chi connectivity index (χ4n) is 1.14. The summed E-state index contributed by atoms with van der Waals surface area (Å²) in [6.07, 6.45) is 0. The quantitative estimate of drug-likeness (QED) is 0.896. The highest BCUT2D eigenvalue weighted by Crippen LogP contribution is 2.19. The van der Waals surface area contributed by atoms with Crippen LogP contribution in [0.15, 0.2) is 22.7 Å². The van der Waals surface area contributed by atoms with Crippen LogP contribution in [0.5, 0.6) is 0 Å². The van der Waals surface area contributed by atoms with E-state index in [0.29, 0.717) is 16.7 Å². The van der Waals surface area contributed by atoms with Crippen molar-refractivity contribution in [2.75, 3.05) is 32.5 Å². The Morgan fingerprint density at radius 1 is 1.47 bits per heavy atom. The number of nitrogens with one attached hydrogen (secondary N) is 2. The number of hydrogen-bond donors (Lipinski definition) is 2. The molecule has 0 aromatic heterocycles. The number of carbonyl (C=O) groups excluding carboxylic acids is 1. The lowest BCUT2D eigenvalue weighted by atomic mass is 10.3. The lowest BCUT2D eigenvalue weighted by Crippen LogP contribution is -2.34. The first-order valence-corrected chi connectivity index (χ1v) is 5.93. The normalized spacial score (nSPS) is 10.4. The van der Waals surface area contributed by atoms with Gasteiger partial charge in [0.15, 0.2) is 0 Å². The Balaban J connectivity index is 2.42. The molecule has 2 N–H and O–H groups in total. The van der Waals surface area contributed by atoms with Crippen LogP contribution in [-0.4, -0.2) is 38.1 Å². The lowest BCUT2D eigenvalue weighted by molar-refractivity contribution is 0.250. The number of nitrogens with zero attached hydrogens (tertiary/aromatic N) is 1. The molecule has 0 aliphatic heterocycles. The highest BCUT2D eigenvalue weighted by molar-refractivity contribution is 9.10. The number of carbonyl (C=O) groups is 1. The van der Waals surface area contributed by atoms with Crippen molar-refractivity contribution < 1.29 is 9.18 Å². The molecule has 6 heteroatoms. The van der Waals surface area contributed by atoms with Crippen molar-refractivity contribution in [3.05, 3.63) is 28.5 Å².